The van der Waals surface area contributed by atoms with E-state index < -0.39 is 10.0 Å². The van der Waals surface area contributed by atoms with Crippen molar-refractivity contribution >= 4 is 51.7 Å². The van der Waals surface area contributed by atoms with Crippen LogP contribution in [0, 0.1) is 0 Å². The molecule has 0 bridgehead atoms. The molecule has 1 aliphatic heterocycles. The molecule has 1 aliphatic rings. The van der Waals surface area contributed by atoms with Gasteiger partial charge < -0.3 is 10.2 Å². The molecule has 6 nitrogen and oxygen atoms in total. The molecule has 1 saturated heterocycles. The molecule has 1 fully saturated rings. The van der Waals surface area contributed by atoms with Gasteiger partial charge in [-0.15, -0.1) is 24.0 Å². The Morgan fingerprint density at radius 2 is 1.88 bits per heavy atom. The fourth-order valence-corrected chi connectivity index (χ4v) is 4.64. The van der Waals surface area contributed by atoms with Crippen molar-refractivity contribution in [3.63, 3.8) is 0 Å². The first-order valence-electron chi connectivity index (χ1n) is 8.33. The van der Waals surface area contributed by atoms with Crippen LogP contribution in [0.25, 0.3) is 0 Å². The minimum atomic E-state index is -3.23. The maximum absolute atomic E-state index is 11.6. The molecule has 0 aliphatic carbocycles. The van der Waals surface area contributed by atoms with Gasteiger partial charge in [-0.05, 0) is 32.0 Å². The van der Waals surface area contributed by atoms with E-state index in [2.05, 4.69) is 33.8 Å². The number of sulfonamides is 1. The van der Waals surface area contributed by atoms with Crippen molar-refractivity contribution in [1.29, 1.82) is 0 Å². The predicted molar refractivity (Wildman–Crippen MR) is 122 cm³/mol. The van der Waals surface area contributed by atoms with E-state index in [-0.39, 0.29) is 34.5 Å². The first-order valence-corrected chi connectivity index (χ1v) is 11.0. The second kappa shape index (κ2) is 10.1. The second-order valence-corrected chi connectivity index (χ2v) is 10.4. The van der Waals surface area contributed by atoms with Crippen LogP contribution in [0.5, 0.6) is 0 Å². The third-order valence-electron chi connectivity index (χ3n) is 4.08. The van der Waals surface area contributed by atoms with Crippen LogP contribution < -0.4 is 10.0 Å². The standard InChI is InChI=1S/C17H28N4O2S2.HI/c1-17(2)13-21(9-10-24-17)16(18-3)20-11-14-5-7-15(8-6-14)12-25(22,23)19-4;/h5-8,19H,9-13H2,1-4H3,(H,18,20);1H. The molecule has 0 unspecified atom stereocenters. The van der Waals surface area contributed by atoms with Gasteiger partial charge in [0.05, 0.1) is 5.75 Å². The zero-order valence-electron chi connectivity index (χ0n) is 15.8. The number of thioether (sulfide) groups is 1. The van der Waals surface area contributed by atoms with E-state index in [0.29, 0.717) is 6.54 Å². The maximum Gasteiger partial charge on any atom is 0.215 e. The topological polar surface area (TPSA) is 73.8 Å². The summed E-state index contributed by atoms with van der Waals surface area (Å²) in [6, 6.07) is 7.62. The van der Waals surface area contributed by atoms with Crippen molar-refractivity contribution in [2.75, 3.05) is 32.9 Å². The van der Waals surface area contributed by atoms with Crippen LogP contribution in [0.4, 0.5) is 0 Å². The van der Waals surface area contributed by atoms with Crippen LogP contribution in [-0.2, 0) is 22.3 Å². The monoisotopic (exact) mass is 512 g/mol. The Labute approximate surface area is 178 Å². The molecule has 0 atom stereocenters. The molecule has 2 rings (SSSR count). The third kappa shape index (κ3) is 7.24. The zero-order valence-corrected chi connectivity index (χ0v) is 19.7. The van der Waals surface area contributed by atoms with Gasteiger partial charge in [0, 0.05) is 37.2 Å². The van der Waals surface area contributed by atoms with Crippen molar-refractivity contribution in [2.45, 2.75) is 30.9 Å². The van der Waals surface area contributed by atoms with Crippen LogP contribution in [0.3, 0.4) is 0 Å². The van der Waals surface area contributed by atoms with E-state index in [9.17, 15) is 8.42 Å². The van der Waals surface area contributed by atoms with Crippen LogP contribution in [0.2, 0.25) is 0 Å². The van der Waals surface area contributed by atoms with Crippen LogP contribution in [0.15, 0.2) is 29.3 Å². The van der Waals surface area contributed by atoms with Gasteiger partial charge in [0.25, 0.3) is 0 Å². The van der Waals surface area contributed by atoms with Gasteiger partial charge >= 0.3 is 0 Å². The molecule has 2 N–H and O–H groups in total. The molecule has 148 valence electrons. The van der Waals surface area contributed by atoms with E-state index >= 15 is 0 Å². The molecule has 0 spiro atoms. The summed E-state index contributed by atoms with van der Waals surface area (Å²) in [5, 5.41) is 3.41. The number of aliphatic imine (C=N–C) groups is 1. The number of halogens is 1. The summed E-state index contributed by atoms with van der Waals surface area (Å²) in [6.07, 6.45) is 0. The van der Waals surface area contributed by atoms with Gasteiger partial charge in [-0.25, -0.2) is 13.1 Å². The van der Waals surface area contributed by atoms with Crippen molar-refractivity contribution < 1.29 is 8.42 Å². The summed E-state index contributed by atoms with van der Waals surface area (Å²) in [5.74, 6) is 2.01. The molecular formula is C17H29IN4O2S2. The van der Waals surface area contributed by atoms with E-state index in [0.717, 1.165) is 35.9 Å². The van der Waals surface area contributed by atoms with Crippen molar-refractivity contribution in [3.05, 3.63) is 35.4 Å². The summed E-state index contributed by atoms with van der Waals surface area (Å²) in [6.45, 7) is 7.15. The highest BCUT2D eigenvalue weighted by Crippen LogP contribution is 2.29. The summed E-state index contributed by atoms with van der Waals surface area (Å²) in [4.78, 5) is 6.70. The molecule has 0 radical (unpaired) electrons. The van der Waals surface area contributed by atoms with Gasteiger partial charge in [-0.2, -0.15) is 11.8 Å². The first kappa shape index (κ1) is 23.5. The summed E-state index contributed by atoms with van der Waals surface area (Å²) in [7, 11) is 0.00444. The number of hydrogen-bond donors (Lipinski definition) is 2. The van der Waals surface area contributed by atoms with E-state index in [1.54, 1.807) is 0 Å². The van der Waals surface area contributed by atoms with Gasteiger partial charge in [-0.1, -0.05) is 24.3 Å². The Morgan fingerprint density at radius 1 is 1.27 bits per heavy atom. The molecule has 9 heteroatoms. The van der Waals surface area contributed by atoms with Crippen LogP contribution in [-0.4, -0.2) is 57.0 Å². The lowest BCUT2D eigenvalue weighted by atomic mass is 10.1. The molecular weight excluding hydrogens is 483 g/mol. The van der Waals surface area contributed by atoms with E-state index in [4.69, 9.17) is 0 Å². The number of guanidine groups is 1. The lowest BCUT2D eigenvalue weighted by Crippen LogP contribution is -2.50. The van der Waals surface area contributed by atoms with Crippen molar-refractivity contribution in [3.8, 4) is 0 Å². The molecule has 1 aromatic carbocycles. The SMILES string of the molecule is CN=C(NCc1ccc(CS(=O)(=O)NC)cc1)N1CCSC(C)(C)C1.I. The number of nitrogens with one attached hydrogen (secondary N) is 2. The average Bonchev–Trinajstić information content (AvgIpc) is 2.56. The quantitative estimate of drug-likeness (QED) is 0.360. The first-order chi connectivity index (χ1) is 11.7. The third-order valence-corrected chi connectivity index (χ3v) is 6.71. The number of benzene rings is 1. The second-order valence-electron chi connectivity index (χ2n) is 6.71. The lowest BCUT2D eigenvalue weighted by molar-refractivity contribution is 0.376. The Balaban J connectivity index is 0.00000338. The summed E-state index contributed by atoms with van der Waals surface area (Å²) in [5.41, 5.74) is 1.87. The molecule has 1 heterocycles. The van der Waals surface area contributed by atoms with Gasteiger partial charge in [0.2, 0.25) is 10.0 Å². The predicted octanol–water partition coefficient (Wildman–Crippen LogP) is 2.26. The maximum atomic E-state index is 11.6. The fraction of sp³-hybridized carbons (Fsp3) is 0.588. The average molecular weight is 512 g/mol. The van der Waals surface area contributed by atoms with Crippen molar-refractivity contribution in [1.82, 2.24) is 14.9 Å². The highest BCUT2D eigenvalue weighted by Gasteiger charge is 2.28. The molecule has 1 aromatic rings. The lowest BCUT2D eigenvalue weighted by Gasteiger charge is -2.39. The van der Waals surface area contributed by atoms with Crippen molar-refractivity contribution in [2.24, 2.45) is 4.99 Å². The zero-order chi connectivity index (χ0) is 18.5. The summed E-state index contributed by atoms with van der Waals surface area (Å²) < 4.78 is 25.7. The number of rotatable bonds is 5. The number of nitrogens with zero attached hydrogens (tertiary/aromatic N) is 2. The van der Waals surface area contributed by atoms with Gasteiger partial charge in [0.1, 0.15) is 0 Å². The van der Waals surface area contributed by atoms with Gasteiger partial charge in [0.15, 0.2) is 5.96 Å². The summed E-state index contributed by atoms with van der Waals surface area (Å²) >= 11 is 2.00. The highest BCUT2D eigenvalue weighted by atomic mass is 127. The minimum absolute atomic E-state index is 0. The molecule has 0 saturated carbocycles. The Kier molecular flexibility index (Phi) is 9.17. The normalized spacial score (nSPS) is 17.5. The van der Waals surface area contributed by atoms with E-state index in [1.807, 2.05) is 43.1 Å². The number of hydrogen-bond acceptors (Lipinski definition) is 4. The largest absolute Gasteiger partial charge is 0.352 e. The Hall–Kier alpha value is -0.520. The Bertz CT molecular complexity index is 706. The molecule has 0 amide bonds. The smallest absolute Gasteiger partial charge is 0.215 e. The molecule has 0 aromatic heterocycles. The fourth-order valence-electron chi connectivity index (χ4n) is 2.76. The van der Waals surface area contributed by atoms with Crippen LogP contribution in [0.1, 0.15) is 25.0 Å². The van der Waals surface area contributed by atoms with Crippen LogP contribution >= 0.6 is 35.7 Å². The van der Waals surface area contributed by atoms with Gasteiger partial charge in [-0.3, -0.25) is 4.99 Å². The highest BCUT2D eigenvalue weighted by molar-refractivity contribution is 14.0. The van der Waals surface area contributed by atoms with E-state index in [1.165, 1.54) is 7.05 Å². The molecule has 26 heavy (non-hydrogen) atoms. The minimum Gasteiger partial charge on any atom is -0.352 e. The Morgan fingerprint density at radius 3 is 2.42 bits per heavy atom.